The number of hydrogen-bond donors (Lipinski definition) is 1. The third kappa shape index (κ3) is 2.30. The Morgan fingerprint density at radius 2 is 1.90 bits per heavy atom. The molecule has 0 aliphatic carbocycles. The van der Waals surface area contributed by atoms with E-state index < -0.39 is 0 Å². The molecule has 1 aromatic heterocycles. The van der Waals surface area contributed by atoms with E-state index in [-0.39, 0.29) is 5.82 Å². The van der Waals surface area contributed by atoms with Gasteiger partial charge in [-0.1, -0.05) is 25.0 Å². The van der Waals surface area contributed by atoms with Crippen molar-refractivity contribution in [2.45, 2.75) is 25.7 Å². The summed E-state index contributed by atoms with van der Waals surface area (Å²) in [5.74, 6) is 0.728. The van der Waals surface area contributed by atoms with Crippen molar-refractivity contribution in [1.82, 2.24) is 4.98 Å². The Morgan fingerprint density at radius 1 is 1.15 bits per heavy atom. The molecule has 0 unspecified atom stereocenters. The minimum absolute atomic E-state index is 0.190. The van der Waals surface area contributed by atoms with Gasteiger partial charge in [0.1, 0.15) is 11.6 Å². The number of nitrogens with one attached hydrogen (secondary N) is 1. The lowest BCUT2D eigenvalue weighted by atomic mass is 10.1. The molecule has 0 radical (unpaired) electrons. The second kappa shape index (κ2) is 5.65. The van der Waals surface area contributed by atoms with Crippen molar-refractivity contribution in [3.05, 3.63) is 30.2 Å². The van der Waals surface area contributed by atoms with Crippen LogP contribution in [0.2, 0.25) is 0 Å². The number of pyridine rings is 1. The number of rotatable bonds is 2. The predicted molar refractivity (Wildman–Crippen MR) is 81.9 cm³/mol. The standard InChI is InChI=1S/C16H20FN3/c1-18-14-11-19-16(20-9-4-2-3-5-10-20)12-7-6-8-13(17)15(12)14/h6-8,11,18H,2-5,9-10H2,1H3. The van der Waals surface area contributed by atoms with Crippen LogP contribution in [-0.4, -0.2) is 25.1 Å². The Balaban J connectivity index is 2.14. The average Bonchev–Trinajstić information content (AvgIpc) is 2.75. The van der Waals surface area contributed by atoms with Crippen LogP contribution in [0.1, 0.15) is 25.7 Å². The summed E-state index contributed by atoms with van der Waals surface area (Å²) in [6.07, 6.45) is 6.67. The molecule has 20 heavy (non-hydrogen) atoms. The molecule has 0 saturated carbocycles. The second-order valence-electron chi connectivity index (χ2n) is 5.31. The molecule has 3 rings (SSSR count). The molecular formula is C16H20FN3. The zero-order valence-corrected chi connectivity index (χ0v) is 11.8. The zero-order valence-electron chi connectivity index (χ0n) is 11.8. The van der Waals surface area contributed by atoms with Crippen LogP contribution in [0, 0.1) is 5.82 Å². The lowest BCUT2D eigenvalue weighted by Crippen LogP contribution is -2.25. The van der Waals surface area contributed by atoms with E-state index in [2.05, 4.69) is 15.2 Å². The van der Waals surface area contributed by atoms with Gasteiger partial charge in [0, 0.05) is 30.9 Å². The molecule has 2 aromatic rings. The first-order chi connectivity index (χ1) is 9.81. The van der Waals surface area contributed by atoms with Crippen LogP contribution < -0.4 is 10.2 Å². The normalized spacial score (nSPS) is 16.2. The highest BCUT2D eigenvalue weighted by Crippen LogP contribution is 2.32. The number of halogens is 1. The Kier molecular flexibility index (Phi) is 3.72. The summed E-state index contributed by atoms with van der Waals surface area (Å²) < 4.78 is 14.2. The molecule has 0 bridgehead atoms. The highest BCUT2D eigenvalue weighted by atomic mass is 19.1. The van der Waals surface area contributed by atoms with Crippen molar-refractivity contribution in [2.75, 3.05) is 30.4 Å². The van der Waals surface area contributed by atoms with E-state index in [0.29, 0.717) is 5.39 Å². The minimum atomic E-state index is -0.190. The van der Waals surface area contributed by atoms with Gasteiger partial charge in [-0.25, -0.2) is 9.37 Å². The molecule has 1 aromatic carbocycles. The van der Waals surface area contributed by atoms with Crippen molar-refractivity contribution < 1.29 is 4.39 Å². The Bertz CT molecular complexity index is 604. The molecule has 1 aliphatic rings. The first-order valence-electron chi connectivity index (χ1n) is 7.31. The third-order valence-corrected chi connectivity index (χ3v) is 4.01. The van der Waals surface area contributed by atoms with Gasteiger partial charge in [-0.05, 0) is 18.9 Å². The summed E-state index contributed by atoms with van der Waals surface area (Å²) >= 11 is 0. The molecule has 1 saturated heterocycles. The highest BCUT2D eigenvalue weighted by Gasteiger charge is 2.17. The van der Waals surface area contributed by atoms with Crippen LogP contribution >= 0.6 is 0 Å². The Labute approximate surface area is 118 Å². The summed E-state index contributed by atoms with van der Waals surface area (Å²) in [5.41, 5.74) is 0.747. The maximum atomic E-state index is 14.2. The lowest BCUT2D eigenvalue weighted by Gasteiger charge is -2.23. The maximum Gasteiger partial charge on any atom is 0.136 e. The van der Waals surface area contributed by atoms with Gasteiger partial charge in [0.25, 0.3) is 0 Å². The largest absolute Gasteiger partial charge is 0.386 e. The Morgan fingerprint density at radius 3 is 2.60 bits per heavy atom. The van der Waals surface area contributed by atoms with E-state index in [1.165, 1.54) is 31.7 Å². The van der Waals surface area contributed by atoms with Gasteiger partial charge >= 0.3 is 0 Å². The van der Waals surface area contributed by atoms with E-state index in [4.69, 9.17) is 0 Å². The number of nitrogens with zero attached hydrogens (tertiary/aromatic N) is 2. The van der Waals surface area contributed by atoms with Crippen molar-refractivity contribution in [3.8, 4) is 0 Å². The fourth-order valence-corrected chi connectivity index (χ4v) is 2.97. The van der Waals surface area contributed by atoms with Gasteiger partial charge in [0.05, 0.1) is 11.9 Å². The molecule has 2 heterocycles. The van der Waals surface area contributed by atoms with Crippen LogP contribution in [0.25, 0.3) is 10.8 Å². The van der Waals surface area contributed by atoms with Gasteiger partial charge < -0.3 is 10.2 Å². The first-order valence-corrected chi connectivity index (χ1v) is 7.31. The molecular weight excluding hydrogens is 253 g/mol. The van der Waals surface area contributed by atoms with Crippen molar-refractivity contribution >= 4 is 22.3 Å². The lowest BCUT2D eigenvalue weighted by molar-refractivity contribution is 0.640. The number of fused-ring (bicyclic) bond motifs is 1. The first kappa shape index (κ1) is 13.2. The smallest absolute Gasteiger partial charge is 0.136 e. The monoisotopic (exact) mass is 273 g/mol. The fourth-order valence-electron chi connectivity index (χ4n) is 2.97. The number of benzene rings is 1. The number of aromatic nitrogens is 1. The predicted octanol–water partition coefficient (Wildman–Crippen LogP) is 3.80. The van der Waals surface area contributed by atoms with Gasteiger partial charge in [-0.2, -0.15) is 0 Å². The van der Waals surface area contributed by atoms with Gasteiger partial charge in [0.2, 0.25) is 0 Å². The molecule has 1 aliphatic heterocycles. The molecule has 1 fully saturated rings. The summed E-state index contributed by atoms with van der Waals surface area (Å²) in [4.78, 5) is 6.88. The number of hydrogen-bond acceptors (Lipinski definition) is 3. The van der Waals surface area contributed by atoms with E-state index in [1.54, 1.807) is 19.3 Å². The molecule has 3 nitrogen and oxygen atoms in total. The quantitative estimate of drug-likeness (QED) is 0.902. The van der Waals surface area contributed by atoms with Crippen LogP contribution in [0.3, 0.4) is 0 Å². The van der Waals surface area contributed by atoms with Crippen molar-refractivity contribution in [3.63, 3.8) is 0 Å². The van der Waals surface area contributed by atoms with Crippen LogP contribution in [0.4, 0.5) is 15.9 Å². The molecule has 4 heteroatoms. The van der Waals surface area contributed by atoms with Crippen LogP contribution in [0.15, 0.2) is 24.4 Å². The highest BCUT2D eigenvalue weighted by molar-refractivity contribution is 6.00. The molecule has 106 valence electrons. The van der Waals surface area contributed by atoms with Gasteiger partial charge in [-0.15, -0.1) is 0 Å². The number of anilines is 2. The maximum absolute atomic E-state index is 14.2. The van der Waals surface area contributed by atoms with Gasteiger partial charge in [-0.3, -0.25) is 0 Å². The molecule has 0 spiro atoms. The van der Waals surface area contributed by atoms with E-state index in [1.807, 2.05) is 6.07 Å². The van der Waals surface area contributed by atoms with E-state index in [9.17, 15) is 4.39 Å². The molecule has 1 N–H and O–H groups in total. The topological polar surface area (TPSA) is 28.2 Å². The molecule has 0 atom stereocenters. The summed E-state index contributed by atoms with van der Waals surface area (Å²) in [7, 11) is 1.80. The van der Waals surface area contributed by atoms with Crippen LogP contribution in [0.5, 0.6) is 0 Å². The van der Waals surface area contributed by atoms with Crippen LogP contribution in [-0.2, 0) is 0 Å². The second-order valence-corrected chi connectivity index (χ2v) is 5.31. The van der Waals surface area contributed by atoms with Crippen molar-refractivity contribution in [2.24, 2.45) is 0 Å². The van der Waals surface area contributed by atoms with Crippen molar-refractivity contribution in [1.29, 1.82) is 0 Å². The van der Waals surface area contributed by atoms with Gasteiger partial charge in [0.15, 0.2) is 0 Å². The fraction of sp³-hybridized carbons (Fsp3) is 0.438. The summed E-state index contributed by atoms with van der Waals surface area (Å²) in [6, 6.07) is 5.24. The third-order valence-electron chi connectivity index (χ3n) is 4.01. The molecule has 0 amide bonds. The SMILES string of the molecule is CNc1cnc(N2CCCCCC2)c2cccc(F)c12. The Hall–Kier alpha value is -1.84. The summed E-state index contributed by atoms with van der Waals surface area (Å²) in [5, 5.41) is 4.58. The van der Waals surface area contributed by atoms with E-state index >= 15 is 0 Å². The zero-order chi connectivity index (χ0) is 13.9. The average molecular weight is 273 g/mol. The summed E-state index contributed by atoms with van der Waals surface area (Å²) in [6.45, 7) is 2.02. The minimum Gasteiger partial charge on any atom is -0.386 e. The van der Waals surface area contributed by atoms with E-state index in [0.717, 1.165) is 30.0 Å².